The molecule has 1 heterocycles. The van der Waals surface area contributed by atoms with Crippen LogP contribution in [-0.4, -0.2) is 35.5 Å². The number of ether oxygens (including phenoxy) is 2. The minimum absolute atomic E-state index is 0.428. The van der Waals surface area contributed by atoms with Crippen LogP contribution in [0.25, 0.3) is 0 Å². The van der Waals surface area contributed by atoms with Crippen LogP contribution in [0, 0.1) is 11.1 Å². The maximum Gasteiger partial charge on any atom is 0.222 e. The van der Waals surface area contributed by atoms with Gasteiger partial charge in [-0.05, 0) is 18.8 Å². The zero-order valence-electron chi connectivity index (χ0n) is 13.5. The zero-order valence-corrected chi connectivity index (χ0v) is 13.5. The fraction of sp³-hybridized carbons (Fsp3) is 0.824. The lowest BCUT2D eigenvalue weighted by Gasteiger charge is -2.45. The topological polar surface area (TPSA) is 44.5 Å². The fourth-order valence-corrected chi connectivity index (χ4v) is 3.10. The highest BCUT2D eigenvalue weighted by molar-refractivity contribution is 5.51. The number of rotatable bonds is 5. The molecule has 2 aliphatic rings. The summed E-state index contributed by atoms with van der Waals surface area (Å²) in [4.78, 5) is 0. The Bertz CT molecular complexity index is 373. The molecule has 1 aliphatic heterocycles. The van der Waals surface area contributed by atoms with Gasteiger partial charge in [-0.3, -0.25) is 0 Å². The standard InChI is InChI=1S/C17H29NO3/c1-4-9-16(18(19)12-8-15(2)3)13-20-17(21-14-16)10-6-5-7-11-17/h4,12,15H,1,5-11,13-14H2,2-3H3/b18-12-. The maximum atomic E-state index is 12.5. The number of hydroxylamine groups is 1. The molecule has 0 unspecified atom stereocenters. The van der Waals surface area contributed by atoms with Crippen molar-refractivity contribution < 1.29 is 14.2 Å². The molecule has 0 amide bonds. The highest BCUT2D eigenvalue weighted by Gasteiger charge is 2.49. The van der Waals surface area contributed by atoms with Gasteiger partial charge in [0.05, 0.1) is 0 Å². The van der Waals surface area contributed by atoms with Crippen molar-refractivity contribution in [3.05, 3.63) is 17.9 Å². The van der Waals surface area contributed by atoms with Gasteiger partial charge in [-0.1, -0.05) is 26.3 Å². The Morgan fingerprint density at radius 2 is 1.81 bits per heavy atom. The smallest absolute Gasteiger partial charge is 0.222 e. The van der Waals surface area contributed by atoms with Gasteiger partial charge >= 0.3 is 0 Å². The summed E-state index contributed by atoms with van der Waals surface area (Å²) in [6.45, 7) is 8.86. The van der Waals surface area contributed by atoms with Crippen molar-refractivity contribution >= 4 is 6.21 Å². The van der Waals surface area contributed by atoms with E-state index in [-0.39, 0.29) is 0 Å². The molecule has 0 bridgehead atoms. The molecule has 21 heavy (non-hydrogen) atoms. The maximum absolute atomic E-state index is 12.5. The van der Waals surface area contributed by atoms with Crippen molar-refractivity contribution in [2.75, 3.05) is 13.2 Å². The Morgan fingerprint density at radius 1 is 1.19 bits per heavy atom. The molecule has 0 atom stereocenters. The monoisotopic (exact) mass is 295 g/mol. The van der Waals surface area contributed by atoms with E-state index in [1.165, 1.54) is 6.42 Å². The molecule has 0 radical (unpaired) electrons. The van der Waals surface area contributed by atoms with Gasteiger partial charge in [0, 0.05) is 25.7 Å². The predicted molar refractivity (Wildman–Crippen MR) is 84.4 cm³/mol. The van der Waals surface area contributed by atoms with E-state index in [1.54, 1.807) is 12.3 Å². The third-order valence-electron chi connectivity index (χ3n) is 4.56. The second-order valence-electron chi connectivity index (χ2n) is 6.90. The fourth-order valence-electron chi connectivity index (χ4n) is 3.10. The van der Waals surface area contributed by atoms with Crippen LogP contribution in [-0.2, 0) is 9.47 Å². The molecule has 1 spiro atoms. The van der Waals surface area contributed by atoms with E-state index >= 15 is 0 Å². The molecule has 1 saturated carbocycles. The highest BCUT2D eigenvalue weighted by Crippen LogP contribution is 2.38. The second kappa shape index (κ2) is 6.93. The van der Waals surface area contributed by atoms with Crippen molar-refractivity contribution in [3.63, 3.8) is 0 Å². The molecule has 1 saturated heterocycles. The third kappa shape index (κ3) is 3.86. The molecule has 120 valence electrons. The summed E-state index contributed by atoms with van der Waals surface area (Å²) < 4.78 is 13.2. The molecule has 0 N–H and O–H groups in total. The summed E-state index contributed by atoms with van der Waals surface area (Å²) in [7, 11) is 0. The predicted octanol–water partition coefficient (Wildman–Crippen LogP) is 3.64. The van der Waals surface area contributed by atoms with E-state index in [2.05, 4.69) is 20.4 Å². The Morgan fingerprint density at radius 3 is 2.33 bits per heavy atom. The summed E-state index contributed by atoms with van der Waals surface area (Å²) in [5.74, 6) is 0.0410. The molecule has 0 aromatic carbocycles. The average molecular weight is 295 g/mol. The minimum atomic E-state index is -0.640. The summed E-state index contributed by atoms with van der Waals surface area (Å²) in [6.07, 6.45) is 10.3. The van der Waals surface area contributed by atoms with Gasteiger partial charge in [0.15, 0.2) is 12.0 Å². The summed E-state index contributed by atoms with van der Waals surface area (Å²) in [6, 6.07) is 0. The van der Waals surface area contributed by atoms with E-state index < -0.39 is 11.3 Å². The molecule has 2 fully saturated rings. The van der Waals surface area contributed by atoms with Crippen LogP contribution in [0.4, 0.5) is 0 Å². The summed E-state index contributed by atoms with van der Waals surface area (Å²) in [5, 5.41) is 12.5. The highest BCUT2D eigenvalue weighted by atomic mass is 16.7. The molecule has 0 aromatic rings. The van der Waals surface area contributed by atoms with Crippen LogP contribution >= 0.6 is 0 Å². The molecule has 0 aromatic heterocycles. The Hall–Kier alpha value is -0.870. The largest absolute Gasteiger partial charge is 0.623 e. The summed E-state index contributed by atoms with van der Waals surface area (Å²) >= 11 is 0. The molecular formula is C17H29NO3. The van der Waals surface area contributed by atoms with Crippen molar-refractivity contribution in [1.29, 1.82) is 0 Å². The zero-order chi connectivity index (χ0) is 15.3. The van der Waals surface area contributed by atoms with Crippen LogP contribution in [0.2, 0.25) is 0 Å². The first kappa shape index (κ1) is 16.5. The Balaban J connectivity index is 2.07. The average Bonchev–Trinajstić information content (AvgIpc) is 2.49. The van der Waals surface area contributed by atoms with Crippen LogP contribution in [0.1, 0.15) is 58.8 Å². The first-order valence-corrected chi connectivity index (χ1v) is 8.21. The number of nitrogens with zero attached hydrogens (tertiary/aromatic N) is 1. The van der Waals surface area contributed by atoms with E-state index in [9.17, 15) is 5.21 Å². The van der Waals surface area contributed by atoms with Crippen LogP contribution < -0.4 is 0 Å². The van der Waals surface area contributed by atoms with Crippen molar-refractivity contribution in [2.24, 2.45) is 5.92 Å². The van der Waals surface area contributed by atoms with E-state index in [0.29, 0.717) is 25.6 Å². The number of hydrogen-bond donors (Lipinski definition) is 0. The molecule has 4 heteroatoms. The number of hydrogen-bond acceptors (Lipinski definition) is 3. The molecule has 2 rings (SSSR count). The lowest BCUT2D eigenvalue weighted by Crippen LogP contribution is -2.58. The normalized spacial score (nSPS) is 25.2. The van der Waals surface area contributed by atoms with Crippen LogP contribution in [0.3, 0.4) is 0 Å². The first-order chi connectivity index (χ1) is 10.0. The van der Waals surface area contributed by atoms with Crippen LogP contribution in [0.15, 0.2) is 12.7 Å². The van der Waals surface area contributed by atoms with Crippen molar-refractivity contribution in [2.45, 2.75) is 70.1 Å². The first-order valence-electron chi connectivity index (χ1n) is 8.21. The Kier molecular flexibility index (Phi) is 5.44. The quantitative estimate of drug-likeness (QED) is 0.256. The van der Waals surface area contributed by atoms with Gasteiger partial charge in [0.1, 0.15) is 13.2 Å². The Labute approximate surface area is 128 Å². The SMILES string of the molecule is C=CCC1(/[N+]([O-])=C/CC(C)C)COC2(CCCCC2)OC1. The molecule has 4 nitrogen and oxygen atoms in total. The van der Waals surface area contributed by atoms with Crippen molar-refractivity contribution in [1.82, 2.24) is 0 Å². The van der Waals surface area contributed by atoms with Gasteiger partial charge in [-0.25, -0.2) is 4.74 Å². The van der Waals surface area contributed by atoms with Gasteiger partial charge in [0.25, 0.3) is 0 Å². The lowest BCUT2D eigenvalue weighted by atomic mass is 9.90. The van der Waals surface area contributed by atoms with Gasteiger partial charge in [0.2, 0.25) is 5.54 Å². The van der Waals surface area contributed by atoms with Crippen molar-refractivity contribution in [3.8, 4) is 0 Å². The van der Waals surface area contributed by atoms with Crippen LogP contribution in [0.5, 0.6) is 0 Å². The second-order valence-corrected chi connectivity index (χ2v) is 6.90. The molecule has 1 aliphatic carbocycles. The van der Waals surface area contributed by atoms with E-state index in [4.69, 9.17) is 9.47 Å². The van der Waals surface area contributed by atoms with Gasteiger partial charge < -0.3 is 14.7 Å². The minimum Gasteiger partial charge on any atom is -0.623 e. The summed E-state index contributed by atoms with van der Waals surface area (Å²) in [5.41, 5.74) is -0.640. The third-order valence-corrected chi connectivity index (χ3v) is 4.56. The van der Waals surface area contributed by atoms with E-state index in [0.717, 1.165) is 36.8 Å². The van der Waals surface area contributed by atoms with Gasteiger partial charge in [-0.15, -0.1) is 6.58 Å². The molecular weight excluding hydrogens is 266 g/mol. The van der Waals surface area contributed by atoms with Gasteiger partial charge in [-0.2, -0.15) is 0 Å². The van der Waals surface area contributed by atoms with E-state index in [1.807, 2.05) is 0 Å². The lowest BCUT2D eigenvalue weighted by molar-refractivity contribution is -0.577.